The molecule has 0 aromatic carbocycles. The zero-order valence-electron chi connectivity index (χ0n) is 8.80. The highest BCUT2D eigenvalue weighted by molar-refractivity contribution is 5.93. The lowest BCUT2D eigenvalue weighted by Gasteiger charge is -2.03. The predicted octanol–water partition coefficient (Wildman–Crippen LogP) is 0.941. The van der Waals surface area contributed by atoms with Gasteiger partial charge in [0.1, 0.15) is 6.33 Å². The van der Waals surface area contributed by atoms with Crippen LogP contribution in [-0.2, 0) is 6.54 Å². The van der Waals surface area contributed by atoms with Gasteiger partial charge in [-0.15, -0.1) is 0 Å². The van der Waals surface area contributed by atoms with Crippen LogP contribution in [0.1, 0.15) is 16.1 Å². The summed E-state index contributed by atoms with van der Waals surface area (Å²) in [6, 6.07) is 4.21. The van der Waals surface area contributed by atoms with Crippen LogP contribution in [0.2, 0.25) is 0 Å². The number of hydrogen-bond acceptors (Lipinski definition) is 4. The maximum Gasteiger partial charge on any atom is 0.253 e. The number of hydrogen-bond donors (Lipinski definition) is 1. The molecule has 2 heterocycles. The second kappa shape index (κ2) is 5.11. The summed E-state index contributed by atoms with van der Waals surface area (Å²) in [6.45, 7) is 0.290. The zero-order chi connectivity index (χ0) is 12.1. The average molecular weight is 232 g/mol. The Bertz CT molecular complexity index is 501. The Morgan fingerprint density at radius 2 is 2.18 bits per heavy atom. The molecule has 0 aliphatic heterocycles. The van der Waals surface area contributed by atoms with Crippen molar-refractivity contribution in [2.45, 2.75) is 6.54 Å². The highest BCUT2D eigenvalue weighted by Gasteiger charge is 2.05. The number of nitrogens with one attached hydrogen (secondary N) is 1. The van der Waals surface area contributed by atoms with E-state index < -0.39 is 5.95 Å². The van der Waals surface area contributed by atoms with Crippen LogP contribution in [0.25, 0.3) is 0 Å². The molecular formula is C11H9FN4O. The Kier molecular flexibility index (Phi) is 3.34. The first-order valence-electron chi connectivity index (χ1n) is 4.90. The van der Waals surface area contributed by atoms with Crippen molar-refractivity contribution in [1.82, 2.24) is 20.3 Å². The molecule has 0 fully saturated rings. The summed E-state index contributed by atoms with van der Waals surface area (Å²) < 4.78 is 12.5. The number of rotatable bonds is 3. The highest BCUT2D eigenvalue weighted by Crippen LogP contribution is 1.99. The van der Waals surface area contributed by atoms with Crippen LogP contribution in [0.15, 0.2) is 36.9 Å². The van der Waals surface area contributed by atoms with Crippen molar-refractivity contribution < 1.29 is 9.18 Å². The van der Waals surface area contributed by atoms with Gasteiger partial charge in [0.2, 0.25) is 5.95 Å². The van der Waals surface area contributed by atoms with Crippen LogP contribution < -0.4 is 5.32 Å². The number of aromatic nitrogens is 3. The van der Waals surface area contributed by atoms with Gasteiger partial charge in [0.25, 0.3) is 5.91 Å². The molecule has 1 N–H and O–H groups in total. The van der Waals surface area contributed by atoms with Gasteiger partial charge in [-0.3, -0.25) is 4.79 Å². The van der Waals surface area contributed by atoms with Crippen molar-refractivity contribution in [3.8, 4) is 0 Å². The van der Waals surface area contributed by atoms with Crippen LogP contribution in [0.5, 0.6) is 0 Å². The molecule has 86 valence electrons. The monoisotopic (exact) mass is 232 g/mol. The minimum Gasteiger partial charge on any atom is -0.346 e. The van der Waals surface area contributed by atoms with E-state index in [-0.39, 0.29) is 5.91 Å². The third-order valence-electron chi connectivity index (χ3n) is 2.06. The van der Waals surface area contributed by atoms with Gasteiger partial charge >= 0.3 is 0 Å². The van der Waals surface area contributed by atoms with E-state index in [4.69, 9.17) is 0 Å². The molecule has 1 amide bonds. The van der Waals surface area contributed by atoms with Crippen molar-refractivity contribution in [2.75, 3.05) is 0 Å². The first-order chi connectivity index (χ1) is 8.25. The smallest absolute Gasteiger partial charge is 0.253 e. The first kappa shape index (κ1) is 11.1. The van der Waals surface area contributed by atoms with Gasteiger partial charge in [-0.05, 0) is 18.2 Å². The quantitative estimate of drug-likeness (QED) is 0.800. The second-order valence-corrected chi connectivity index (χ2v) is 3.25. The maximum absolute atomic E-state index is 12.5. The average Bonchev–Trinajstić information content (AvgIpc) is 2.38. The number of carbonyl (C=O) groups excluding carboxylic acids is 1. The Hall–Kier alpha value is -2.37. The van der Waals surface area contributed by atoms with E-state index in [1.807, 2.05) is 0 Å². The summed E-state index contributed by atoms with van der Waals surface area (Å²) in [6.07, 6.45) is 4.18. The summed E-state index contributed by atoms with van der Waals surface area (Å²) in [5.41, 5.74) is 1.00. The van der Waals surface area contributed by atoms with E-state index in [2.05, 4.69) is 20.3 Å². The molecule has 0 aliphatic carbocycles. The number of carbonyl (C=O) groups is 1. The normalized spacial score (nSPS) is 9.94. The Morgan fingerprint density at radius 3 is 2.82 bits per heavy atom. The molecule has 2 aromatic heterocycles. The lowest BCUT2D eigenvalue weighted by atomic mass is 10.2. The molecule has 0 unspecified atom stereocenters. The van der Waals surface area contributed by atoms with E-state index in [9.17, 15) is 9.18 Å². The van der Waals surface area contributed by atoms with Crippen LogP contribution in [0, 0.1) is 5.95 Å². The lowest BCUT2D eigenvalue weighted by molar-refractivity contribution is 0.0950. The third kappa shape index (κ3) is 3.04. The molecule has 6 heteroatoms. The summed E-state index contributed by atoms with van der Waals surface area (Å²) in [4.78, 5) is 22.7. The molecule has 0 radical (unpaired) electrons. The molecule has 0 atom stereocenters. The van der Waals surface area contributed by atoms with Gasteiger partial charge in [-0.1, -0.05) is 0 Å². The van der Waals surface area contributed by atoms with E-state index >= 15 is 0 Å². The van der Waals surface area contributed by atoms with Gasteiger partial charge in [0, 0.05) is 12.4 Å². The van der Waals surface area contributed by atoms with Crippen molar-refractivity contribution in [3.63, 3.8) is 0 Å². The van der Waals surface area contributed by atoms with Crippen molar-refractivity contribution in [1.29, 1.82) is 0 Å². The largest absolute Gasteiger partial charge is 0.346 e. The SMILES string of the molecule is O=C(NCc1ccncn1)c1ccc(F)nc1. The topological polar surface area (TPSA) is 67.8 Å². The maximum atomic E-state index is 12.5. The van der Waals surface area contributed by atoms with Crippen molar-refractivity contribution >= 4 is 5.91 Å². The van der Waals surface area contributed by atoms with Gasteiger partial charge in [0.15, 0.2) is 0 Å². The predicted molar refractivity (Wildman–Crippen MR) is 57.4 cm³/mol. The number of nitrogens with zero attached hydrogens (tertiary/aromatic N) is 3. The zero-order valence-corrected chi connectivity index (χ0v) is 8.80. The minimum absolute atomic E-state index is 0.290. The molecule has 5 nitrogen and oxygen atoms in total. The second-order valence-electron chi connectivity index (χ2n) is 3.25. The van der Waals surface area contributed by atoms with Gasteiger partial charge in [-0.2, -0.15) is 4.39 Å². The van der Waals surface area contributed by atoms with E-state index in [0.29, 0.717) is 17.8 Å². The van der Waals surface area contributed by atoms with E-state index in [1.165, 1.54) is 18.6 Å². The number of halogens is 1. The van der Waals surface area contributed by atoms with Crippen molar-refractivity contribution in [2.24, 2.45) is 0 Å². The highest BCUT2D eigenvalue weighted by atomic mass is 19.1. The third-order valence-corrected chi connectivity index (χ3v) is 2.06. The fraction of sp³-hybridized carbons (Fsp3) is 0.0909. The van der Waals surface area contributed by atoms with Gasteiger partial charge in [-0.25, -0.2) is 15.0 Å². The fourth-order valence-electron chi connectivity index (χ4n) is 1.21. The molecule has 0 aliphatic rings. The van der Waals surface area contributed by atoms with Crippen LogP contribution in [-0.4, -0.2) is 20.9 Å². The molecule has 0 bridgehead atoms. The first-order valence-corrected chi connectivity index (χ1v) is 4.90. The molecule has 2 rings (SSSR count). The molecule has 0 spiro atoms. The molecular weight excluding hydrogens is 223 g/mol. The summed E-state index contributed by atoms with van der Waals surface area (Å²) in [5, 5.41) is 2.64. The summed E-state index contributed by atoms with van der Waals surface area (Å²) >= 11 is 0. The van der Waals surface area contributed by atoms with Gasteiger partial charge in [0.05, 0.1) is 17.8 Å². The summed E-state index contributed by atoms with van der Waals surface area (Å²) in [7, 11) is 0. The number of pyridine rings is 1. The Balaban J connectivity index is 1.96. The lowest BCUT2D eigenvalue weighted by Crippen LogP contribution is -2.23. The van der Waals surface area contributed by atoms with E-state index in [1.54, 1.807) is 12.3 Å². The Labute approximate surface area is 96.8 Å². The van der Waals surface area contributed by atoms with Crippen LogP contribution >= 0.6 is 0 Å². The molecule has 2 aromatic rings. The van der Waals surface area contributed by atoms with Crippen molar-refractivity contribution in [3.05, 3.63) is 54.1 Å². The summed E-state index contributed by atoms with van der Waals surface area (Å²) in [5.74, 6) is -0.937. The molecule has 0 saturated heterocycles. The molecule has 17 heavy (non-hydrogen) atoms. The minimum atomic E-state index is -0.614. The van der Waals surface area contributed by atoms with Gasteiger partial charge < -0.3 is 5.32 Å². The van der Waals surface area contributed by atoms with Crippen LogP contribution in [0.4, 0.5) is 4.39 Å². The fourth-order valence-corrected chi connectivity index (χ4v) is 1.21. The standard InChI is InChI=1S/C11H9FN4O/c12-10-2-1-8(5-14-10)11(17)15-6-9-3-4-13-7-16-9/h1-5,7H,6H2,(H,15,17). The van der Waals surface area contributed by atoms with Crippen LogP contribution in [0.3, 0.4) is 0 Å². The Morgan fingerprint density at radius 1 is 1.29 bits per heavy atom. The molecule has 0 saturated carbocycles. The number of amides is 1. The van der Waals surface area contributed by atoms with E-state index in [0.717, 1.165) is 6.07 Å².